The Bertz CT molecular complexity index is 1480. The number of nitro groups is 1. The predicted octanol–water partition coefficient (Wildman–Crippen LogP) is 5.12. The molecular formula is C26H22N2O8S3. The molecule has 0 aliphatic carbocycles. The van der Waals surface area contributed by atoms with Crippen LogP contribution < -0.4 is 9.64 Å². The summed E-state index contributed by atoms with van der Waals surface area (Å²) in [4.78, 5) is 51.7. The average Bonchev–Trinajstić information content (AvgIpc) is 3.37. The number of thioether (sulfide) groups is 2. The summed E-state index contributed by atoms with van der Waals surface area (Å²) < 4.78 is 15.7. The Kier molecular flexibility index (Phi) is 7.87. The van der Waals surface area contributed by atoms with Crippen molar-refractivity contribution in [1.82, 2.24) is 0 Å². The van der Waals surface area contributed by atoms with Gasteiger partial charge in [0, 0.05) is 34.9 Å². The molecular weight excluding hydrogens is 564 g/mol. The van der Waals surface area contributed by atoms with Crippen LogP contribution in [0.25, 0.3) is 5.57 Å². The van der Waals surface area contributed by atoms with Crippen LogP contribution in [0.1, 0.15) is 29.8 Å². The molecule has 39 heavy (non-hydrogen) atoms. The topological polar surface area (TPSA) is 125 Å². The number of methoxy groups -OCH3 is 3. The van der Waals surface area contributed by atoms with Crippen molar-refractivity contribution < 1.29 is 33.5 Å². The Morgan fingerprint density at radius 1 is 0.974 bits per heavy atom. The van der Waals surface area contributed by atoms with Crippen molar-refractivity contribution in [2.45, 2.75) is 19.4 Å². The van der Waals surface area contributed by atoms with E-state index in [1.165, 1.54) is 50.5 Å². The molecule has 13 heteroatoms. The summed E-state index contributed by atoms with van der Waals surface area (Å²) in [6.07, 6.45) is 0. The zero-order chi connectivity index (χ0) is 28.6. The van der Waals surface area contributed by atoms with E-state index in [2.05, 4.69) is 0 Å². The van der Waals surface area contributed by atoms with E-state index in [1.807, 2.05) is 0 Å². The number of hydrogen-bond acceptors (Lipinski definition) is 11. The van der Waals surface area contributed by atoms with Gasteiger partial charge in [-0.2, -0.15) is 0 Å². The molecule has 0 unspecified atom stereocenters. The molecule has 202 valence electrons. The van der Waals surface area contributed by atoms with Gasteiger partial charge in [-0.1, -0.05) is 41.8 Å². The highest BCUT2D eigenvalue weighted by Gasteiger charge is 2.46. The van der Waals surface area contributed by atoms with Gasteiger partial charge in [0.15, 0.2) is 0 Å². The minimum absolute atomic E-state index is 0.0719. The maximum atomic E-state index is 13.9. The van der Waals surface area contributed by atoms with Gasteiger partial charge < -0.3 is 14.2 Å². The zero-order valence-electron chi connectivity index (χ0n) is 21.4. The molecule has 2 aromatic rings. The number of thiocarbonyl (C=S) groups is 1. The fraction of sp³-hybridized carbons (Fsp3) is 0.231. The number of hydrogen-bond donors (Lipinski definition) is 0. The molecule has 0 saturated carbocycles. The standard InChI is InChI=1S/C26H22N2O8S3/c1-26(2)21(37)18(25-38-19(23(30)35-4)20(39-25)24(31)36-5)16-10-9-15(34-3)12-17(16)27(26)22(29)13-7-6-8-14(11-13)28(32)33/h6-12H,1-5H3. The summed E-state index contributed by atoms with van der Waals surface area (Å²) in [6, 6.07) is 10.6. The van der Waals surface area contributed by atoms with E-state index >= 15 is 0 Å². The molecule has 0 bridgehead atoms. The molecule has 0 spiro atoms. The van der Waals surface area contributed by atoms with Gasteiger partial charge in [0.05, 0.1) is 46.6 Å². The number of nitrogens with zero attached hydrogens (tertiary/aromatic N) is 2. The molecule has 1 amide bonds. The van der Waals surface area contributed by atoms with Crippen LogP contribution in [-0.2, 0) is 19.1 Å². The van der Waals surface area contributed by atoms with Crippen LogP contribution in [0.3, 0.4) is 0 Å². The molecule has 0 aromatic heterocycles. The Hall–Kier alpha value is -3.68. The lowest BCUT2D eigenvalue weighted by Crippen LogP contribution is -2.56. The maximum Gasteiger partial charge on any atom is 0.346 e. The molecule has 0 saturated heterocycles. The molecule has 2 aromatic carbocycles. The molecule has 0 fully saturated rings. The summed E-state index contributed by atoms with van der Waals surface area (Å²) >= 11 is 8.03. The number of nitro benzene ring substituents is 1. The molecule has 2 heterocycles. The van der Waals surface area contributed by atoms with Crippen LogP contribution in [0.4, 0.5) is 11.4 Å². The Morgan fingerprint density at radius 3 is 2.13 bits per heavy atom. The number of ether oxygens (including phenoxy) is 3. The van der Waals surface area contributed by atoms with E-state index in [0.29, 0.717) is 31.7 Å². The Morgan fingerprint density at radius 2 is 1.59 bits per heavy atom. The summed E-state index contributed by atoms with van der Waals surface area (Å²) in [5, 5.41) is 11.4. The molecule has 2 aliphatic heterocycles. The summed E-state index contributed by atoms with van der Waals surface area (Å²) in [7, 11) is 3.92. The highest BCUT2D eigenvalue weighted by molar-refractivity contribution is 8.29. The second-order valence-corrected chi connectivity index (χ2v) is 11.4. The van der Waals surface area contributed by atoms with Crippen molar-refractivity contribution in [3.8, 4) is 5.75 Å². The van der Waals surface area contributed by atoms with Crippen LogP contribution in [0, 0.1) is 10.1 Å². The third kappa shape index (κ3) is 4.92. The van der Waals surface area contributed by atoms with E-state index in [-0.39, 0.29) is 21.1 Å². The summed E-state index contributed by atoms with van der Waals surface area (Å²) in [6.45, 7) is 3.52. The van der Waals surface area contributed by atoms with Gasteiger partial charge in [0.2, 0.25) is 0 Å². The van der Waals surface area contributed by atoms with Crippen LogP contribution in [0.5, 0.6) is 5.75 Å². The minimum Gasteiger partial charge on any atom is -0.497 e. The molecule has 0 radical (unpaired) electrons. The molecule has 2 aliphatic rings. The number of esters is 2. The van der Waals surface area contributed by atoms with E-state index in [1.54, 1.807) is 32.0 Å². The first-order chi connectivity index (χ1) is 18.5. The van der Waals surface area contributed by atoms with Gasteiger partial charge in [0.1, 0.15) is 15.6 Å². The first-order valence-electron chi connectivity index (χ1n) is 11.3. The van der Waals surface area contributed by atoms with E-state index in [4.69, 9.17) is 26.4 Å². The number of benzene rings is 2. The Labute approximate surface area is 237 Å². The number of fused-ring (bicyclic) bond motifs is 1. The molecule has 4 rings (SSSR count). The fourth-order valence-electron chi connectivity index (χ4n) is 4.17. The van der Waals surface area contributed by atoms with Crippen molar-refractivity contribution in [2.24, 2.45) is 0 Å². The number of non-ortho nitro benzene ring substituents is 1. The Balaban J connectivity index is 1.93. The smallest absolute Gasteiger partial charge is 0.346 e. The van der Waals surface area contributed by atoms with E-state index in [9.17, 15) is 24.5 Å². The predicted molar refractivity (Wildman–Crippen MR) is 153 cm³/mol. The van der Waals surface area contributed by atoms with Crippen LogP contribution in [0.15, 0.2) is 56.5 Å². The third-order valence-corrected chi connectivity index (χ3v) is 9.37. The zero-order valence-corrected chi connectivity index (χ0v) is 23.9. The molecule has 0 N–H and O–H groups in total. The van der Waals surface area contributed by atoms with Crippen LogP contribution in [0.2, 0.25) is 0 Å². The van der Waals surface area contributed by atoms with Crippen LogP contribution >= 0.6 is 35.7 Å². The maximum absolute atomic E-state index is 13.9. The monoisotopic (exact) mass is 586 g/mol. The number of amides is 1. The summed E-state index contributed by atoms with van der Waals surface area (Å²) in [5.74, 6) is -1.42. The van der Waals surface area contributed by atoms with Crippen molar-refractivity contribution >= 4 is 75.4 Å². The largest absolute Gasteiger partial charge is 0.497 e. The molecule has 0 atom stereocenters. The quantitative estimate of drug-likeness (QED) is 0.152. The summed E-state index contributed by atoms with van der Waals surface area (Å²) in [5.41, 5.74) is 0.341. The lowest BCUT2D eigenvalue weighted by molar-refractivity contribution is -0.384. The van der Waals surface area contributed by atoms with Gasteiger partial charge in [-0.05, 0) is 32.0 Å². The number of anilines is 1. The highest BCUT2D eigenvalue weighted by atomic mass is 32.2. The number of rotatable bonds is 5. The van der Waals surface area contributed by atoms with E-state index in [0.717, 1.165) is 23.5 Å². The lowest BCUT2D eigenvalue weighted by atomic mass is 9.82. The van der Waals surface area contributed by atoms with Crippen molar-refractivity contribution in [3.63, 3.8) is 0 Å². The van der Waals surface area contributed by atoms with Crippen molar-refractivity contribution in [2.75, 3.05) is 26.2 Å². The fourth-order valence-corrected chi connectivity index (χ4v) is 7.20. The number of carbonyl (C=O) groups is 3. The normalized spacial score (nSPS) is 16.1. The highest BCUT2D eigenvalue weighted by Crippen LogP contribution is 2.56. The van der Waals surface area contributed by atoms with E-state index < -0.39 is 28.3 Å². The first kappa shape index (κ1) is 28.3. The second-order valence-electron chi connectivity index (χ2n) is 8.73. The first-order valence-corrected chi connectivity index (χ1v) is 13.3. The van der Waals surface area contributed by atoms with Gasteiger partial charge in [0.25, 0.3) is 11.6 Å². The van der Waals surface area contributed by atoms with Crippen molar-refractivity contribution in [3.05, 3.63) is 77.8 Å². The SMILES string of the molecule is COC(=O)C1=C(C(=O)OC)SC(=C2C(=S)C(C)(C)N(C(=O)c3cccc([N+](=O)[O-])c3)c3cc(OC)ccc32)S1. The molecule has 10 nitrogen and oxygen atoms in total. The van der Waals surface area contributed by atoms with Gasteiger partial charge >= 0.3 is 11.9 Å². The minimum atomic E-state index is -1.11. The van der Waals surface area contributed by atoms with Crippen LogP contribution in [-0.4, -0.2) is 54.5 Å². The van der Waals surface area contributed by atoms with Gasteiger partial charge in [-0.15, -0.1) is 0 Å². The van der Waals surface area contributed by atoms with Gasteiger partial charge in [-0.25, -0.2) is 9.59 Å². The van der Waals surface area contributed by atoms with Gasteiger partial charge in [-0.3, -0.25) is 19.8 Å². The second kappa shape index (κ2) is 10.8. The third-order valence-electron chi connectivity index (χ3n) is 6.11. The lowest BCUT2D eigenvalue weighted by Gasteiger charge is -2.45. The number of carbonyl (C=O) groups excluding carboxylic acids is 3. The van der Waals surface area contributed by atoms with Crippen molar-refractivity contribution in [1.29, 1.82) is 0 Å². The average molecular weight is 587 g/mol.